The van der Waals surface area contributed by atoms with Gasteiger partial charge in [0, 0.05) is 0 Å². The minimum absolute atomic E-state index is 0.786. The van der Waals surface area contributed by atoms with Crippen LogP contribution in [0.2, 0.25) is 0 Å². The first-order chi connectivity index (χ1) is 6.34. The van der Waals surface area contributed by atoms with Crippen LogP contribution in [0.3, 0.4) is 0 Å². The summed E-state index contributed by atoms with van der Waals surface area (Å²) in [5.41, 5.74) is 0. The largest absolute Gasteiger partial charge is 0.317 e. The molecule has 0 radical (unpaired) electrons. The molecular formula is C12H23N. The number of piperidine rings is 1. The highest BCUT2D eigenvalue weighted by Crippen LogP contribution is 2.22. The van der Waals surface area contributed by atoms with Crippen molar-refractivity contribution < 1.29 is 0 Å². The maximum atomic E-state index is 3.41. The Bertz CT molecular complexity index is 145. The first-order valence-electron chi connectivity index (χ1n) is 5.72. The van der Waals surface area contributed by atoms with Gasteiger partial charge in [0.05, 0.1) is 0 Å². The van der Waals surface area contributed by atoms with E-state index in [4.69, 9.17) is 0 Å². The van der Waals surface area contributed by atoms with E-state index in [2.05, 4.69) is 31.3 Å². The molecule has 0 amide bonds. The number of hydrogen-bond donors (Lipinski definition) is 1. The molecule has 0 aliphatic carbocycles. The Kier molecular flexibility index (Phi) is 5.14. The molecule has 0 aromatic rings. The van der Waals surface area contributed by atoms with Crippen LogP contribution in [0, 0.1) is 11.8 Å². The molecule has 1 nitrogen and oxygen atoms in total. The van der Waals surface area contributed by atoms with Crippen LogP contribution < -0.4 is 5.32 Å². The Balaban J connectivity index is 2.24. The van der Waals surface area contributed by atoms with Crippen molar-refractivity contribution in [1.29, 1.82) is 0 Å². The molecule has 1 unspecified atom stereocenters. The molecule has 13 heavy (non-hydrogen) atoms. The van der Waals surface area contributed by atoms with Crippen molar-refractivity contribution in [3.05, 3.63) is 12.2 Å². The van der Waals surface area contributed by atoms with E-state index in [1.54, 1.807) is 0 Å². The van der Waals surface area contributed by atoms with Gasteiger partial charge >= 0.3 is 0 Å². The highest BCUT2D eigenvalue weighted by Gasteiger charge is 2.17. The van der Waals surface area contributed by atoms with Crippen LogP contribution in [0.1, 0.15) is 39.5 Å². The minimum Gasteiger partial charge on any atom is -0.317 e. The lowest BCUT2D eigenvalue weighted by atomic mass is 9.86. The summed E-state index contributed by atoms with van der Waals surface area (Å²) in [5, 5.41) is 3.41. The van der Waals surface area contributed by atoms with Crippen molar-refractivity contribution >= 4 is 0 Å². The summed E-state index contributed by atoms with van der Waals surface area (Å²) in [6.07, 6.45) is 10.0. The third-order valence-corrected chi connectivity index (χ3v) is 3.02. The monoisotopic (exact) mass is 181 g/mol. The molecule has 0 saturated carbocycles. The molecule has 1 saturated heterocycles. The zero-order chi connectivity index (χ0) is 9.52. The molecule has 1 heterocycles. The molecule has 0 bridgehead atoms. The van der Waals surface area contributed by atoms with Crippen molar-refractivity contribution in [3.63, 3.8) is 0 Å². The first kappa shape index (κ1) is 10.8. The van der Waals surface area contributed by atoms with E-state index in [-0.39, 0.29) is 0 Å². The van der Waals surface area contributed by atoms with Crippen LogP contribution in [0.5, 0.6) is 0 Å². The quantitative estimate of drug-likeness (QED) is 0.657. The molecule has 1 N–H and O–H groups in total. The fourth-order valence-corrected chi connectivity index (χ4v) is 2.00. The van der Waals surface area contributed by atoms with Gasteiger partial charge in [-0.1, -0.05) is 32.4 Å². The minimum atomic E-state index is 0.786. The number of unbranched alkanes of at least 4 members (excludes halogenated alkanes) is 1. The fourth-order valence-electron chi connectivity index (χ4n) is 2.00. The summed E-state index contributed by atoms with van der Waals surface area (Å²) < 4.78 is 0. The van der Waals surface area contributed by atoms with E-state index in [0.29, 0.717) is 0 Å². The van der Waals surface area contributed by atoms with Gasteiger partial charge in [-0.15, -0.1) is 0 Å². The molecule has 1 atom stereocenters. The topological polar surface area (TPSA) is 12.0 Å². The zero-order valence-corrected chi connectivity index (χ0v) is 9.05. The van der Waals surface area contributed by atoms with Crippen LogP contribution >= 0.6 is 0 Å². The molecule has 1 aliphatic rings. The molecule has 0 spiro atoms. The van der Waals surface area contributed by atoms with E-state index in [0.717, 1.165) is 11.8 Å². The van der Waals surface area contributed by atoms with Gasteiger partial charge in [-0.2, -0.15) is 0 Å². The van der Waals surface area contributed by atoms with E-state index in [9.17, 15) is 0 Å². The van der Waals surface area contributed by atoms with Crippen molar-refractivity contribution in [2.45, 2.75) is 39.5 Å². The predicted molar refractivity (Wildman–Crippen MR) is 58.8 cm³/mol. The number of allylic oxidation sites excluding steroid dienone is 2. The molecule has 76 valence electrons. The van der Waals surface area contributed by atoms with Gasteiger partial charge < -0.3 is 5.32 Å². The van der Waals surface area contributed by atoms with Gasteiger partial charge in [-0.25, -0.2) is 0 Å². The van der Waals surface area contributed by atoms with Crippen LogP contribution in [-0.2, 0) is 0 Å². The summed E-state index contributed by atoms with van der Waals surface area (Å²) in [4.78, 5) is 0. The first-order valence-corrected chi connectivity index (χ1v) is 5.72. The zero-order valence-electron chi connectivity index (χ0n) is 9.05. The number of nitrogens with one attached hydrogen (secondary N) is 1. The average molecular weight is 181 g/mol. The Morgan fingerprint density at radius 3 is 2.69 bits per heavy atom. The highest BCUT2D eigenvalue weighted by molar-refractivity contribution is 4.90. The molecular weight excluding hydrogens is 158 g/mol. The lowest BCUT2D eigenvalue weighted by molar-refractivity contribution is 0.313. The SMILES string of the molecule is CCC/C=C/C(C)C1CCNCC1. The molecule has 1 aliphatic heterocycles. The average Bonchev–Trinajstić information content (AvgIpc) is 2.19. The standard InChI is InChI=1S/C12H23N/c1-3-4-5-6-11(2)12-7-9-13-10-8-12/h5-6,11-13H,3-4,7-10H2,1-2H3/b6-5+. The summed E-state index contributed by atoms with van der Waals surface area (Å²) in [6.45, 7) is 7.04. The fraction of sp³-hybridized carbons (Fsp3) is 0.833. The van der Waals surface area contributed by atoms with E-state index < -0.39 is 0 Å². The number of rotatable bonds is 4. The Morgan fingerprint density at radius 1 is 1.38 bits per heavy atom. The summed E-state index contributed by atoms with van der Waals surface area (Å²) >= 11 is 0. The van der Waals surface area contributed by atoms with Gasteiger partial charge in [0.25, 0.3) is 0 Å². The summed E-state index contributed by atoms with van der Waals surface area (Å²) in [5.74, 6) is 1.71. The third kappa shape index (κ3) is 3.95. The predicted octanol–water partition coefficient (Wildman–Crippen LogP) is 2.98. The Hall–Kier alpha value is -0.300. The lowest BCUT2D eigenvalue weighted by Gasteiger charge is -2.26. The maximum absolute atomic E-state index is 3.41. The second-order valence-corrected chi connectivity index (χ2v) is 4.16. The molecule has 0 aromatic heterocycles. The Labute approximate surface area is 82.6 Å². The van der Waals surface area contributed by atoms with Gasteiger partial charge in [0.15, 0.2) is 0 Å². The second-order valence-electron chi connectivity index (χ2n) is 4.16. The van der Waals surface area contributed by atoms with Gasteiger partial charge in [0.1, 0.15) is 0 Å². The molecule has 1 heteroatoms. The van der Waals surface area contributed by atoms with Crippen molar-refractivity contribution in [3.8, 4) is 0 Å². The molecule has 1 rings (SSSR count). The van der Waals surface area contributed by atoms with Crippen molar-refractivity contribution in [2.75, 3.05) is 13.1 Å². The van der Waals surface area contributed by atoms with E-state index in [1.807, 2.05) is 0 Å². The highest BCUT2D eigenvalue weighted by atomic mass is 14.9. The second kappa shape index (κ2) is 6.20. The smallest absolute Gasteiger partial charge is 0.00461 e. The van der Waals surface area contributed by atoms with Gasteiger partial charge in [0.2, 0.25) is 0 Å². The van der Waals surface area contributed by atoms with Crippen LogP contribution in [0.4, 0.5) is 0 Å². The van der Waals surface area contributed by atoms with E-state index >= 15 is 0 Å². The molecule has 1 fully saturated rings. The number of hydrogen-bond acceptors (Lipinski definition) is 1. The maximum Gasteiger partial charge on any atom is -0.00461 e. The summed E-state index contributed by atoms with van der Waals surface area (Å²) in [7, 11) is 0. The van der Waals surface area contributed by atoms with Gasteiger partial charge in [-0.05, 0) is 44.2 Å². The van der Waals surface area contributed by atoms with Crippen LogP contribution in [-0.4, -0.2) is 13.1 Å². The van der Waals surface area contributed by atoms with Crippen LogP contribution in [0.15, 0.2) is 12.2 Å². The third-order valence-electron chi connectivity index (χ3n) is 3.02. The molecule has 0 aromatic carbocycles. The van der Waals surface area contributed by atoms with Gasteiger partial charge in [-0.3, -0.25) is 0 Å². The lowest BCUT2D eigenvalue weighted by Crippen LogP contribution is -2.30. The summed E-state index contributed by atoms with van der Waals surface area (Å²) in [6, 6.07) is 0. The normalized spacial score (nSPS) is 22.3. The Morgan fingerprint density at radius 2 is 2.08 bits per heavy atom. The van der Waals surface area contributed by atoms with Crippen LogP contribution in [0.25, 0.3) is 0 Å². The van der Waals surface area contributed by atoms with E-state index in [1.165, 1.54) is 38.8 Å². The van der Waals surface area contributed by atoms with Crippen molar-refractivity contribution in [1.82, 2.24) is 5.32 Å². The van der Waals surface area contributed by atoms with Crippen molar-refractivity contribution in [2.24, 2.45) is 11.8 Å².